The van der Waals surface area contributed by atoms with Crippen LogP contribution in [0.25, 0.3) is 0 Å². The summed E-state index contributed by atoms with van der Waals surface area (Å²) >= 11 is 0. The van der Waals surface area contributed by atoms with Gasteiger partial charge < -0.3 is 20.7 Å². The van der Waals surface area contributed by atoms with Crippen molar-refractivity contribution < 1.29 is 13.8 Å². The van der Waals surface area contributed by atoms with Gasteiger partial charge >= 0.3 is 6.03 Å². The van der Waals surface area contributed by atoms with Gasteiger partial charge in [-0.3, -0.25) is 10.7 Å². The van der Waals surface area contributed by atoms with Crippen LogP contribution in [0.4, 0.5) is 16.3 Å². The van der Waals surface area contributed by atoms with Crippen LogP contribution in [-0.2, 0) is 4.74 Å². The smallest absolute Gasteiger partial charge is 0.320 e. The fourth-order valence-electron chi connectivity index (χ4n) is 2.83. The number of carbonyl (C=O) groups is 1. The van der Waals surface area contributed by atoms with Gasteiger partial charge in [0.15, 0.2) is 0 Å². The van der Waals surface area contributed by atoms with Crippen LogP contribution in [-0.4, -0.2) is 48.6 Å². The van der Waals surface area contributed by atoms with Crippen molar-refractivity contribution >= 4 is 23.4 Å². The van der Waals surface area contributed by atoms with Crippen LogP contribution < -0.4 is 16.4 Å². The number of likely N-dealkylation sites (tertiary alicyclic amines) is 1. The number of nitrogens with two attached hydrogens (primary N) is 1. The van der Waals surface area contributed by atoms with Crippen LogP contribution in [0.15, 0.2) is 42.6 Å². The van der Waals surface area contributed by atoms with E-state index in [-0.39, 0.29) is 10.3 Å². The normalized spacial score (nSPS) is 14.2. The van der Waals surface area contributed by atoms with E-state index in [1.807, 2.05) is 35.2 Å². The van der Waals surface area contributed by atoms with E-state index in [1.165, 1.54) is 6.20 Å². The molecule has 1 aromatic heterocycles. The molecular formula is C19H30N6O2. The number of hydrogen-bond donors (Lipinski definition) is 4. The Hall–Kier alpha value is -3.13. The molecule has 8 heteroatoms. The van der Waals surface area contributed by atoms with Crippen molar-refractivity contribution in [3.63, 3.8) is 0 Å². The van der Waals surface area contributed by atoms with Crippen molar-refractivity contribution in [3.05, 3.63) is 53.7 Å². The van der Waals surface area contributed by atoms with Gasteiger partial charge in [-0.15, -0.1) is 0 Å². The highest BCUT2D eigenvalue weighted by Crippen LogP contribution is 2.20. The molecule has 0 unspecified atom stereocenters. The number of urea groups is 1. The molecule has 1 saturated heterocycles. The van der Waals surface area contributed by atoms with Gasteiger partial charge in [0.1, 0.15) is 11.7 Å². The lowest BCUT2D eigenvalue weighted by molar-refractivity contribution is 0.168. The number of aromatic nitrogens is 1. The number of nitrogen functional groups attached to an aromatic ring is 1. The molecule has 27 heavy (non-hydrogen) atoms. The molecule has 148 valence electrons. The first-order valence-corrected chi connectivity index (χ1v) is 8.79. The highest BCUT2D eigenvalue weighted by atomic mass is 16.5. The van der Waals surface area contributed by atoms with Crippen molar-refractivity contribution in [2.24, 2.45) is 0 Å². The Kier molecular flexibility index (Phi) is 5.87. The topological polar surface area (TPSA) is 116 Å². The maximum Gasteiger partial charge on any atom is 0.320 e. The zero-order chi connectivity index (χ0) is 19.2. The number of amides is 2. The molecule has 2 aromatic rings. The molecule has 2 heterocycles. The fraction of sp³-hybridized carbons (Fsp3) is 0.316. The summed E-state index contributed by atoms with van der Waals surface area (Å²) in [6.45, 7) is 2.07. The fourth-order valence-corrected chi connectivity index (χ4v) is 2.83. The second-order valence-corrected chi connectivity index (χ2v) is 6.36. The molecule has 0 radical (unpaired) electrons. The predicted octanol–water partition coefficient (Wildman–Crippen LogP) is 2.94. The number of methoxy groups -OCH3 is 1. The molecule has 1 aromatic carbocycles. The number of ether oxygens (including phenoxy) is 1. The van der Waals surface area contributed by atoms with Crippen molar-refractivity contribution in [2.45, 2.75) is 12.5 Å². The molecule has 8 nitrogen and oxygen atoms in total. The monoisotopic (exact) mass is 374 g/mol. The minimum Gasteiger partial charge on any atom is -0.398 e. The van der Waals surface area contributed by atoms with E-state index in [2.05, 4.69) is 15.6 Å². The van der Waals surface area contributed by atoms with Crippen LogP contribution in [0, 0.1) is 5.41 Å². The van der Waals surface area contributed by atoms with Crippen LogP contribution in [0.3, 0.4) is 0 Å². The average molecular weight is 374 g/mol. The molecule has 2 amide bonds. The lowest BCUT2D eigenvalue weighted by atomic mass is 10.1. The number of nitrogens with zero attached hydrogens (tertiary/aromatic N) is 2. The minimum absolute atomic E-state index is 0. The molecule has 1 aliphatic heterocycles. The Morgan fingerprint density at radius 3 is 2.74 bits per heavy atom. The summed E-state index contributed by atoms with van der Waals surface area (Å²) in [5.74, 6) is 0.695. The Labute approximate surface area is 162 Å². The maximum absolute atomic E-state index is 12.4. The molecule has 1 fully saturated rings. The molecule has 1 atom stereocenters. The van der Waals surface area contributed by atoms with E-state index in [9.17, 15) is 4.79 Å². The quantitative estimate of drug-likeness (QED) is 0.458. The highest BCUT2D eigenvalue weighted by Gasteiger charge is 2.21. The van der Waals surface area contributed by atoms with E-state index in [0.29, 0.717) is 29.5 Å². The van der Waals surface area contributed by atoms with Gasteiger partial charge in [-0.2, -0.15) is 0 Å². The molecule has 0 saturated carbocycles. The molecule has 0 bridgehead atoms. The number of benzene rings is 1. The maximum atomic E-state index is 12.4. The van der Waals surface area contributed by atoms with Gasteiger partial charge in [0.2, 0.25) is 0 Å². The first-order chi connectivity index (χ1) is 13.1. The van der Waals surface area contributed by atoms with Gasteiger partial charge in [-0.1, -0.05) is 30.3 Å². The molecule has 1 aliphatic rings. The number of pyridine rings is 1. The van der Waals surface area contributed by atoms with Crippen molar-refractivity contribution in [1.82, 2.24) is 15.2 Å². The SMILES string of the molecule is COC[C@@H](NC(=O)Nc1cc(N)c(C(=N)N2CCC2)cn1)c1ccccc1.[HH].[HH].[HH]. The molecule has 3 rings (SSSR count). The Balaban J connectivity index is 0.00000280. The van der Waals surface area contributed by atoms with Crippen molar-refractivity contribution in [3.8, 4) is 0 Å². The average Bonchev–Trinajstić information content (AvgIpc) is 2.60. The summed E-state index contributed by atoms with van der Waals surface area (Å²) in [6, 6.07) is 10.5. The summed E-state index contributed by atoms with van der Waals surface area (Å²) in [7, 11) is 1.59. The van der Waals surface area contributed by atoms with Crippen LogP contribution in [0.1, 0.15) is 27.9 Å². The molecule has 0 spiro atoms. The van der Waals surface area contributed by atoms with E-state index >= 15 is 0 Å². The zero-order valence-electron chi connectivity index (χ0n) is 15.2. The van der Waals surface area contributed by atoms with Gasteiger partial charge in [-0.05, 0) is 12.0 Å². The largest absolute Gasteiger partial charge is 0.398 e. The number of carbonyl (C=O) groups excluding carboxylic acids is 1. The lowest BCUT2D eigenvalue weighted by Crippen LogP contribution is -2.42. The first-order valence-electron chi connectivity index (χ1n) is 8.79. The van der Waals surface area contributed by atoms with E-state index in [4.69, 9.17) is 15.9 Å². The Morgan fingerprint density at radius 1 is 1.41 bits per heavy atom. The Morgan fingerprint density at radius 2 is 2.15 bits per heavy atom. The second-order valence-electron chi connectivity index (χ2n) is 6.36. The summed E-state index contributed by atoms with van der Waals surface area (Å²) in [5.41, 5.74) is 7.98. The molecule has 5 N–H and O–H groups in total. The van der Waals surface area contributed by atoms with E-state index in [1.54, 1.807) is 13.2 Å². The predicted molar refractivity (Wildman–Crippen MR) is 111 cm³/mol. The van der Waals surface area contributed by atoms with E-state index < -0.39 is 6.03 Å². The highest BCUT2D eigenvalue weighted by molar-refractivity contribution is 6.01. The second kappa shape index (κ2) is 8.50. The van der Waals surface area contributed by atoms with Crippen molar-refractivity contribution in [2.75, 3.05) is 37.9 Å². The number of anilines is 2. The van der Waals surface area contributed by atoms with Gasteiger partial charge in [0.25, 0.3) is 0 Å². The third kappa shape index (κ3) is 4.53. The third-order valence-electron chi connectivity index (χ3n) is 4.45. The number of hydrogen-bond acceptors (Lipinski definition) is 5. The van der Waals surface area contributed by atoms with Crippen LogP contribution in [0.5, 0.6) is 0 Å². The lowest BCUT2D eigenvalue weighted by Gasteiger charge is -2.33. The summed E-state index contributed by atoms with van der Waals surface area (Å²) in [5, 5.41) is 13.7. The van der Waals surface area contributed by atoms with E-state index in [0.717, 1.165) is 25.1 Å². The number of amidine groups is 1. The molecule has 0 aliphatic carbocycles. The zero-order valence-corrected chi connectivity index (χ0v) is 15.2. The molecular weight excluding hydrogens is 344 g/mol. The summed E-state index contributed by atoms with van der Waals surface area (Å²) in [4.78, 5) is 18.5. The van der Waals surface area contributed by atoms with Gasteiger partial charge in [0, 0.05) is 42.4 Å². The Bertz CT molecular complexity index is 821. The summed E-state index contributed by atoms with van der Waals surface area (Å²) in [6.07, 6.45) is 2.61. The third-order valence-corrected chi connectivity index (χ3v) is 4.45. The number of rotatable bonds is 6. The first kappa shape index (κ1) is 18.7. The van der Waals surface area contributed by atoms with Crippen molar-refractivity contribution in [1.29, 1.82) is 5.41 Å². The minimum atomic E-state index is -0.404. The number of nitrogens with one attached hydrogen (secondary N) is 3. The van der Waals surface area contributed by atoms with Gasteiger partial charge in [0.05, 0.1) is 18.2 Å². The standard InChI is InChI=1S/C19H24N6O2.3H2/c1-27-12-16(13-6-3-2-4-7-13)23-19(26)24-17-10-15(20)14(11-22-17)18(21)25-8-5-9-25;;;/h2-4,6-7,10-11,16,21H,5,8-9,12H2,1H3,(H4,20,22,23,24,26);3*1H/t16-;;;/m1.../s1. The van der Waals surface area contributed by atoms with Crippen LogP contribution >= 0.6 is 0 Å². The van der Waals surface area contributed by atoms with Gasteiger partial charge in [-0.25, -0.2) is 9.78 Å². The van der Waals surface area contributed by atoms with Crippen LogP contribution in [0.2, 0.25) is 0 Å². The summed E-state index contributed by atoms with van der Waals surface area (Å²) < 4.78 is 5.20.